The van der Waals surface area contributed by atoms with E-state index in [4.69, 9.17) is 0 Å². The minimum Gasteiger partial charge on any atom is -0.356 e. The zero-order chi connectivity index (χ0) is 19.8. The van der Waals surface area contributed by atoms with Crippen molar-refractivity contribution in [1.29, 1.82) is 0 Å². The summed E-state index contributed by atoms with van der Waals surface area (Å²) >= 11 is 0. The van der Waals surface area contributed by atoms with Crippen LogP contribution in [0.25, 0.3) is 21.8 Å². The second kappa shape index (κ2) is 7.43. The number of fused-ring (bicyclic) bond motifs is 4. The van der Waals surface area contributed by atoms with Crippen molar-refractivity contribution in [2.24, 2.45) is 7.05 Å². The number of nitrogens with one attached hydrogen (secondary N) is 2. The predicted molar refractivity (Wildman–Crippen MR) is 118 cm³/mol. The molecule has 5 rings (SSSR count). The van der Waals surface area contributed by atoms with Crippen molar-refractivity contribution in [1.82, 2.24) is 14.9 Å². The largest absolute Gasteiger partial charge is 0.356 e. The van der Waals surface area contributed by atoms with Gasteiger partial charge in [0.15, 0.2) is 0 Å². The Kier molecular flexibility index (Phi) is 4.62. The maximum Gasteiger partial charge on any atom is 0.220 e. The summed E-state index contributed by atoms with van der Waals surface area (Å²) in [5, 5.41) is 5.89. The van der Waals surface area contributed by atoms with E-state index in [1.165, 1.54) is 38.6 Å². The molecule has 0 saturated carbocycles. The molecule has 0 radical (unpaired) electrons. The van der Waals surface area contributed by atoms with Crippen LogP contribution in [0.4, 0.5) is 0 Å². The molecule has 2 aromatic carbocycles. The minimum atomic E-state index is 0.108. The van der Waals surface area contributed by atoms with E-state index in [0.29, 0.717) is 6.42 Å². The Labute approximate surface area is 170 Å². The molecule has 1 aliphatic rings. The molecule has 0 saturated heterocycles. The molecule has 1 atom stereocenters. The number of rotatable bonds is 5. The first-order valence-corrected chi connectivity index (χ1v) is 10.6. The van der Waals surface area contributed by atoms with Crippen molar-refractivity contribution in [3.05, 3.63) is 71.5 Å². The summed E-state index contributed by atoms with van der Waals surface area (Å²) in [5.41, 5.74) is 6.34. The van der Waals surface area contributed by atoms with Crippen LogP contribution in [0, 0.1) is 0 Å². The zero-order valence-corrected chi connectivity index (χ0v) is 16.9. The van der Waals surface area contributed by atoms with Crippen LogP contribution in [-0.2, 0) is 24.7 Å². The van der Waals surface area contributed by atoms with E-state index >= 15 is 0 Å². The molecular weight excluding hydrogens is 358 g/mol. The fourth-order valence-corrected chi connectivity index (χ4v) is 4.89. The van der Waals surface area contributed by atoms with Gasteiger partial charge in [0, 0.05) is 47.2 Å². The molecule has 2 N–H and O–H groups in total. The Morgan fingerprint density at radius 1 is 1.14 bits per heavy atom. The highest BCUT2D eigenvalue weighted by atomic mass is 16.1. The number of aromatic amines is 1. The molecule has 1 aliphatic carbocycles. The third-order valence-electron chi connectivity index (χ3n) is 6.28. The standard InChI is InChI=1S/C25H27N3O/c1-28-16-17(18-9-3-5-14-23(18)28)8-6-15-24(29)26-22-13-7-11-20-19-10-2-4-12-21(19)27-25(20)22/h2-5,9-10,12,14,16,22,27H,6-8,11,13,15H2,1H3,(H,26,29). The number of hydrogen-bond donors (Lipinski definition) is 2. The summed E-state index contributed by atoms with van der Waals surface area (Å²) in [6.45, 7) is 0. The van der Waals surface area contributed by atoms with Gasteiger partial charge in [0.25, 0.3) is 0 Å². The van der Waals surface area contributed by atoms with Crippen LogP contribution in [-0.4, -0.2) is 15.5 Å². The molecule has 0 fully saturated rings. The molecule has 2 heterocycles. The van der Waals surface area contributed by atoms with Gasteiger partial charge in [-0.15, -0.1) is 0 Å². The average Bonchev–Trinajstić information content (AvgIpc) is 3.27. The number of aryl methyl sites for hydroxylation is 3. The van der Waals surface area contributed by atoms with E-state index in [1.807, 2.05) is 0 Å². The topological polar surface area (TPSA) is 49.8 Å². The number of carbonyl (C=O) groups excluding carboxylic acids is 1. The molecule has 1 amide bonds. The Bertz CT molecular complexity index is 1180. The predicted octanol–water partition coefficient (Wildman–Crippen LogP) is 5.18. The van der Waals surface area contributed by atoms with Crippen molar-refractivity contribution in [3.63, 3.8) is 0 Å². The van der Waals surface area contributed by atoms with E-state index in [-0.39, 0.29) is 11.9 Å². The Hall–Kier alpha value is -3.01. The lowest BCUT2D eigenvalue weighted by Gasteiger charge is -2.24. The fraction of sp³-hybridized carbons (Fsp3) is 0.320. The monoisotopic (exact) mass is 385 g/mol. The molecule has 0 aliphatic heterocycles. The maximum absolute atomic E-state index is 12.7. The third-order valence-corrected chi connectivity index (χ3v) is 6.28. The number of benzene rings is 2. The minimum absolute atomic E-state index is 0.108. The SMILES string of the molecule is Cn1cc(CCCC(=O)NC2CCCc3c2[nH]c2ccccc32)c2ccccc21. The van der Waals surface area contributed by atoms with E-state index in [0.717, 1.165) is 32.1 Å². The van der Waals surface area contributed by atoms with E-state index < -0.39 is 0 Å². The average molecular weight is 386 g/mol. The highest BCUT2D eigenvalue weighted by Crippen LogP contribution is 2.34. The second-order valence-corrected chi connectivity index (χ2v) is 8.21. The van der Waals surface area contributed by atoms with Crippen LogP contribution in [0.15, 0.2) is 54.7 Å². The van der Waals surface area contributed by atoms with Crippen LogP contribution in [0.3, 0.4) is 0 Å². The smallest absolute Gasteiger partial charge is 0.220 e. The number of aromatic nitrogens is 2. The molecule has 29 heavy (non-hydrogen) atoms. The summed E-state index contributed by atoms with van der Waals surface area (Å²) in [6, 6.07) is 17.0. The van der Waals surface area contributed by atoms with Gasteiger partial charge < -0.3 is 14.9 Å². The highest BCUT2D eigenvalue weighted by Gasteiger charge is 2.25. The van der Waals surface area contributed by atoms with E-state index in [2.05, 4.69) is 76.6 Å². The summed E-state index contributed by atoms with van der Waals surface area (Å²) < 4.78 is 2.17. The Morgan fingerprint density at radius 2 is 1.93 bits per heavy atom. The number of amides is 1. The lowest BCUT2D eigenvalue weighted by Crippen LogP contribution is -2.30. The van der Waals surface area contributed by atoms with Crippen LogP contribution >= 0.6 is 0 Å². The van der Waals surface area contributed by atoms with Crippen molar-refractivity contribution in [2.45, 2.75) is 44.6 Å². The first-order chi connectivity index (χ1) is 14.2. The number of carbonyl (C=O) groups is 1. The van der Waals surface area contributed by atoms with Gasteiger partial charge >= 0.3 is 0 Å². The van der Waals surface area contributed by atoms with E-state index in [9.17, 15) is 4.79 Å². The van der Waals surface area contributed by atoms with Crippen molar-refractivity contribution in [2.75, 3.05) is 0 Å². The Balaban J connectivity index is 1.24. The molecule has 4 aromatic rings. The summed E-state index contributed by atoms with van der Waals surface area (Å²) in [5.74, 6) is 0.154. The molecule has 4 nitrogen and oxygen atoms in total. The maximum atomic E-state index is 12.7. The lowest BCUT2D eigenvalue weighted by atomic mass is 9.91. The quantitative estimate of drug-likeness (QED) is 0.489. The summed E-state index contributed by atoms with van der Waals surface area (Å²) in [6.07, 6.45) is 7.77. The van der Waals surface area contributed by atoms with Gasteiger partial charge in [-0.25, -0.2) is 0 Å². The second-order valence-electron chi connectivity index (χ2n) is 8.21. The lowest BCUT2D eigenvalue weighted by molar-refractivity contribution is -0.122. The highest BCUT2D eigenvalue weighted by molar-refractivity contribution is 5.86. The van der Waals surface area contributed by atoms with Crippen molar-refractivity contribution < 1.29 is 4.79 Å². The molecule has 0 spiro atoms. The van der Waals surface area contributed by atoms with Gasteiger partial charge in [-0.1, -0.05) is 36.4 Å². The molecule has 4 heteroatoms. The third kappa shape index (κ3) is 3.33. The number of H-pyrrole nitrogens is 1. The van der Waals surface area contributed by atoms with Gasteiger partial charge in [-0.3, -0.25) is 4.79 Å². The fourth-order valence-electron chi connectivity index (χ4n) is 4.89. The Morgan fingerprint density at radius 3 is 2.83 bits per heavy atom. The zero-order valence-electron chi connectivity index (χ0n) is 16.9. The summed E-state index contributed by atoms with van der Waals surface area (Å²) in [7, 11) is 2.08. The van der Waals surface area contributed by atoms with Crippen molar-refractivity contribution >= 4 is 27.7 Å². The first-order valence-electron chi connectivity index (χ1n) is 10.6. The molecule has 2 aromatic heterocycles. The number of nitrogens with zero attached hydrogens (tertiary/aromatic N) is 1. The molecule has 1 unspecified atom stereocenters. The van der Waals surface area contributed by atoms with Crippen molar-refractivity contribution in [3.8, 4) is 0 Å². The van der Waals surface area contributed by atoms with Gasteiger partial charge in [0.2, 0.25) is 5.91 Å². The molecule has 0 bridgehead atoms. The van der Waals surface area contributed by atoms with Crippen LogP contribution < -0.4 is 5.32 Å². The van der Waals surface area contributed by atoms with Gasteiger partial charge in [0.05, 0.1) is 6.04 Å². The van der Waals surface area contributed by atoms with Crippen LogP contribution in [0.1, 0.15) is 48.5 Å². The number of para-hydroxylation sites is 2. The van der Waals surface area contributed by atoms with Crippen LogP contribution in [0.2, 0.25) is 0 Å². The first kappa shape index (κ1) is 18.0. The number of hydrogen-bond acceptors (Lipinski definition) is 1. The van der Waals surface area contributed by atoms with Crippen LogP contribution in [0.5, 0.6) is 0 Å². The van der Waals surface area contributed by atoms with Gasteiger partial charge in [-0.05, 0) is 55.4 Å². The van der Waals surface area contributed by atoms with Gasteiger partial charge in [0.1, 0.15) is 0 Å². The molecule has 148 valence electrons. The molecular formula is C25H27N3O. The normalized spacial score (nSPS) is 16.2. The van der Waals surface area contributed by atoms with E-state index in [1.54, 1.807) is 0 Å². The van der Waals surface area contributed by atoms with Gasteiger partial charge in [-0.2, -0.15) is 0 Å². The summed E-state index contributed by atoms with van der Waals surface area (Å²) in [4.78, 5) is 16.2.